The summed E-state index contributed by atoms with van der Waals surface area (Å²) in [6.45, 7) is 4.19. The van der Waals surface area contributed by atoms with Crippen LogP contribution in [0, 0.1) is 11.8 Å². The smallest absolute Gasteiger partial charge is 0.313 e. The lowest BCUT2D eigenvalue weighted by Crippen LogP contribution is -2.34. The van der Waals surface area contributed by atoms with Gasteiger partial charge in [0.25, 0.3) is 0 Å². The van der Waals surface area contributed by atoms with Crippen LogP contribution in [0.25, 0.3) is 0 Å². The second-order valence-corrected chi connectivity index (χ2v) is 5.83. The van der Waals surface area contributed by atoms with Crippen LogP contribution in [0.3, 0.4) is 0 Å². The van der Waals surface area contributed by atoms with Gasteiger partial charge >= 0.3 is 5.97 Å². The van der Waals surface area contributed by atoms with Gasteiger partial charge in [0.1, 0.15) is 0 Å². The molecule has 1 aromatic rings. The molecular formula is C19H24O3. The van der Waals surface area contributed by atoms with Crippen LogP contribution in [-0.2, 0) is 14.3 Å². The molecule has 22 heavy (non-hydrogen) atoms. The second kappa shape index (κ2) is 7.39. The third kappa shape index (κ3) is 3.29. The number of ether oxygens (including phenoxy) is 1. The fraction of sp³-hybridized carbons (Fsp3) is 0.474. The van der Waals surface area contributed by atoms with Gasteiger partial charge in [-0.25, -0.2) is 0 Å². The summed E-state index contributed by atoms with van der Waals surface area (Å²) in [5.74, 6) is -0.272. The topological polar surface area (TPSA) is 43.4 Å². The molecule has 0 bridgehead atoms. The Kier molecular flexibility index (Phi) is 5.53. The standard InChI is InChI=1S/C19H24O3/c1-4-13-11-15(20)12-17(16(13)5-2)18(19(21)22-3)14-9-7-6-8-10-14/h6-11,16-18H,4-5,12H2,1-3H3. The SMILES string of the molecule is CCC1=CC(=O)CC(C(C(=O)OC)c2ccccc2)C1CC. The molecule has 3 unspecified atom stereocenters. The number of hydrogen-bond donors (Lipinski definition) is 0. The van der Waals surface area contributed by atoms with Crippen molar-refractivity contribution in [3.05, 3.63) is 47.5 Å². The number of carbonyl (C=O) groups excluding carboxylic acids is 2. The molecule has 0 spiro atoms. The summed E-state index contributed by atoms with van der Waals surface area (Å²) in [7, 11) is 1.42. The van der Waals surface area contributed by atoms with Crippen LogP contribution >= 0.6 is 0 Å². The first-order valence-electron chi connectivity index (χ1n) is 7.98. The second-order valence-electron chi connectivity index (χ2n) is 5.83. The van der Waals surface area contributed by atoms with Crippen molar-refractivity contribution >= 4 is 11.8 Å². The Morgan fingerprint density at radius 1 is 1.27 bits per heavy atom. The van der Waals surface area contributed by atoms with E-state index in [0.29, 0.717) is 6.42 Å². The number of hydrogen-bond acceptors (Lipinski definition) is 3. The van der Waals surface area contributed by atoms with E-state index in [4.69, 9.17) is 4.74 Å². The van der Waals surface area contributed by atoms with E-state index in [-0.39, 0.29) is 29.5 Å². The summed E-state index contributed by atoms with van der Waals surface area (Å²) in [6.07, 6.45) is 3.97. The third-order valence-electron chi connectivity index (χ3n) is 4.67. The van der Waals surface area contributed by atoms with Crippen molar-refractivity contribution in [2.75, 3.05) is 7.11 Å². The van der Waals surface area contributed by atoms with E-state index in [1.165, 1.54) is 7.11 Å². The normalized spacial score (nSPS) is 22.9. The maximum Gasteiger partial charge on any atom is 0.313 e. The highest BCUT2D eigenvalue weighted by atomic mass is 16.5. The van der Waals surface area contributed by atoms with Gasteiger partial charge in [-0.3, -0.25) is 9.59 Å². The number of methoxy groups -OCH3 is 1. The number of carbonyl (C=O) groups is 2. The van der Waals surface area contributed by atoms with Crippen molar-refractivity contribution in [2.24, 2.45) is 11.8 Å². The molecule has 0 heterocycles. The molecule has 0 radical (unpaired) electrons. The quantitative estimate of drug-likeness (QED) is 0.775. The van der Waals surface area contributed by atoms with Crippen LogP contribution < -0.4 is 0 Å². The molecule has 3 heteroatoms. The summed E-state index contributed by atoms with van der Waals surface area (Å²) >= 11 is 0. The van der Waals surface area contributed by atoms with Gasteiger partial charge in [-0.1, -0.05) is 49.8 Å². The number of ketones is 1. The molecule has 0 aliphatic heterocycles. The zero-order valence-corrected chi connectivity index (χ0v) is 13.5. The number of esters is 1. The number of allylic oxidation sites excluding steroid dienone is 2. The summed E-state index contributed by atoms with van der Waals surface area (Å²) in [5.41, 5.74) is 2.09. The maximum absolute atomic E-state index is 12.4. The highest BCUT2D eigenvalue weighted by Gasteiger charge is 2.39. The monoisotopic (exact) mass is 300 g/mol. The molecular weight excluding hydrogens is 276 g/mol. The number of benzene rings is 1. The van der Waals surface area contributed by atoms with Gasteiger partial charge in [0, 0.05) is 6.42 Å². The molecule has 1 aliphatic rings. The highest BCUT2D eigenvalue weighted by molar-refractivity contribution is 5.92. The van der Waals surface area contributed by atoms with E-state index in [1.807, 2.05) is 30.3 Å². The zero-order valence-electron chi connectivity index (χ0n) is 13.5. The minimum Gasteiger partial charge on any atom is -0.469 e. The molecule has 0 N–H and O–H groups in total. The maximum atomic E-state index is 12.4. The molecule has 1 aromatic carbocycles. The van der Waals surface area contributed by atoms with Gasteiger partial charge < -0.3 is 4.74 Å². The molecule has 0 fully saturated rings. The minimum atomic E-state index is -0.379. The van der Waals surface area contributed by atoms with E-state index in [2.05, 4.69) is 13.8 Å². The molecule has 0 aromatic heterocycles. The summed E-state index contributed by atoms with van der Waals surface area (Å²) in [6, 6.07) is 9.67. The van der Waals surface area contributed by atoms with Crippen LogP contribution in [0.4, 0.5) is 0 Å². The molecule has 0 saturated heterocycles. The highest BCUT2D eigenvalue weighted by Crippen LogP contribution is 2.42. The third-order valence-corrected chi connectivity index (χ3v) is 4.67. The Bertz CT molecular complexity index is 559. The van der Waals surface area contributed by atoms with Crippen molar-refractivity contribution in [3.8, 4) is 0 Å². The fourth-order valence-electron chi connectivity index (χ4n) is 3.65. The lowest BCUT2D eigenvalue weighted by molar-refractivity contribution is -0.144. The zero-order chi connectivity index (χ0) is 16.1. The predicted molar refractivity (Wildman–Crippen MR) is 86.5 cm³/mol. The van der Waals surface area contributed by atoms with Crippen LogP contribution in [-0.4, -0.2) is 18.9 Å². The van der Waals surface area contributed by atoms with Crippen molar-refractivity contribution in [1.29, 1.82) is 0 Å². The Morgan fingerprint density at radius 3 is 2.50 bits per heavy atom. The van der Waals surface area contributed by atoms with Crippen molar-refractivity contribution in [3.63, 3.8) is 0 Å². The Morgan fingerprint density at radius 2 is 1.95 bits per heavy atom. The van der Waals surface area contributed by atoms with E-state index < -0.39 is 0 Å². The minimum absolute atomic E-state index is 0.0210. The molecule has 3 nitrogen and oxygen atoms in total. The molecule has 3 atom stereocenters. The Hall–Kier alpha value is -1.90. The summed E-state index contributed by atoms with van der Waals surface area (Å²) in [5, 5.41) is 0. The lowest BCUT2D eigenvalue weighted by Gasteiger charge is -2.35. The molecule has 2 rings (SSSR count). The summed E-state index contributed by atoms with van der Waals surface area (Å²) in [4.78, 5) is 24.5. The summed E-state index contributed by atoms with van der Waals surface area (Å²) < 4.78 is 5.05. The van der Waals surface area contributed by atoms with Crippen LogP contribution in [0.5, 0.6) is 0 Å². The molecule has 0 saturated carbocycles. The number of rotatable bonds is 5. The van der Waals surface area contributed by atoms with Gasteiger partial charge in [-0.15, -0.1) is 0 Å². The predicted octanol–water partition coefficient (Wildman–Crippen LogP) is 3.89. The van der Waals surface area contributed by atoms with Gasteiger partial charge in [0.05, 0.1) is 13.0 Å². The van der Waals surface area contributed by atoms with Crippen LogP contribution in [0.2, 0.25) is 0 Å². The van der Waals surface area contributed by atoms with Gasteiger partial charge in [-0.05, 0) is 36.3 Å². The molecule has 1 aliphatic carbocycles. The fourth-order valence-corrected chi connectivity index (χ4v) is 3.65. The lowest BCUT2D eigenvalue weighted by atomic mass is 9.68. The van der Waals surface area contributed by atoms with E-state index in [1.54, 1.807) is 6.08 Å². The van der Waals surface area contributed by atoms with E-state index in [0.717, 1.165) is 24.0 Å². The van der Waals surface area contributed by atoms with Crippen LogP contribution in [0.1, 0.15) is 44.6 Å². The average molecular weight is 300 g/mol. The van der Waals surface area contributed by atoms with Gasteiger partial charge in [0.15, 0.2) is 5.78 Å². The molecule has 0 amide bonds. The largest absolute Gasteiger partial charge is 0.469 e. The van der Waals surface area contributed by atoms with Crippen molar-refractivity contribution in [2.45, 2.75) is 39.0 Å². The van der Waals surface area contributed by atoms with Crippen molar-refractivity contribution in [1.82, 2.24) is 0 Å². The molecule has 118 valence electrons. The van der Waals surface area contributed by atoms with Gasteiger partial charge in [-0.2, -0.15) is 0 Å². The van der Waals surface area contributed by atoms with Gasteiger partial charge in [0.2, 0.25) is 0 Å². The first kappa shape index (κ1) is 16.5. The Labute approximate surface area is 132 Å². The van der Waals surface area contributed by atoms with Crippen molar-refractivity contribution < 1.29 is 14.3 Å². The first-order valence-corrected chi connectivity index (χ1v) is 7.98. The first-order chi connectivity index (χ1) is 10.6. The Balaban J connectivity index is 2.44. The van der Waals surface area contributed by atoms with E-state index in [9.17, 15) is 9.59 Å². The van der Waals surface area contributed by atoms with E-state index >= 15 is 0 Å². The van der Waals surface area contributed by atoms with Crippen LogP contribution in [0.15, 0.2) is 42.0 Å². The average Bonchev–Trinajstić information content (AvgIpc) is 2.55.